The van der Waals surface area contributed by atoms with Crippen LogP contribution in [0, 0.1) is 6.92 Å². The molecule has 0 unspecified atom stereocenters. The summed E-state index contributed by atoms with van der Waals surface area (Å²) in [7, 11) is 6.13. The summed E-state index contributed by atoms with van der Waals surface area (Å²) in [5, 5.41) is 0. The van der Waals surface area contributed by atoms with Crippen molar-refractivity contribution in [1.29, 1.82) is 0 Å². The molecule has 0 aliphatic rings. The van der Waals surface area contributed by atoms with Gasteiger partial charge in [-0.05, 0) is 0 Å². The van der Waals surface area contributed by atoms with Crippen LogP contribution in [0.3, 0.4) is 0 Å². The van der Waals surface area contributed by atoms with Crippen LogP contribution in [0.4, 0.5) is 0 Å². The van der Waals surface area contributed by atoms with Crippen LogP contribution >= 0.6 is 19.9 Å². The third kappa shape index (κ3) is 2.92. The standard InChI is InChI=1S/C7H7.CH2Cl.ClH.Tl/c1-7-5-3-2-4-6-7;1-2;;/h3-6H,1H3;1H2;1H;/q;;;+1/p-1. The Labute approximate surface area is 84.1 Å². The predicted molar refractivity (Wildman–Crippen MR) is 53.1 cm³/mol. The first kappa shape index (κ1) is 9.81. The molecular weight excluding hydrogens is 371 g/mol. The Balaban J connectivity index is 2.81. The quantitative estimate of drug-likeness (QED) is 0.545. The van der Waals surface area contributed by atoms with Gasteiger partial charge in [0, 0.05) is 0 Å². The first-order chi connectivity index (χ1) is 5.24. The molecule has 0 heterocycles. The van der Waals surface area contributed by atoms with Crippen molar-refractivity contribution in [2.75, 3.05) is 3.44 Å². The Kier molecular flexibility index (Phi) is 4.17. The number of hydrogen-bond donors (Lipinski definition) is 0. The minimum absolute atomic E-state index is 0.685. The summed E-state index contributed by atoms with van der Waals surface area (Å²) in [5.41, 5.74) is 1.28. The molecule has 0 spiro atoms. The molecule has 58 valence electrons. The van der Waals surface area contributed by atoms with Crippen LogP contribution < -0.4 is 3.12 Å². The van der Waals surface area contributed by atoms with Crippen LogP contribution in [0.5, 0.6) is 0 Å². The van der Waals surface area contributed by atoms with E-state index < -0.39 is 21.5 Å². The number of rotatable bonds is 2. The van der Waals surface area contributed by atoms with Gasteiger partial charge >= 0.3 is 84.7 Å². The number of hydrogen-bond acceptors (Lipinski definition) is 0. The fraction of sp³-hybridized carbons (Fsp3) is 0.250. The molecule has 0 aliphatic carbocycles. The molecule has 1 rings (SSSR count). The molecule has 0 nitrogen and oxygen atoms in total. The molecule has 0 bridgehead atoms. The Morgan fingerprint density at radius 1 is 1.27 bits per heavy atom. The molecule has 0 atom stereocenters. The third-order valence-electron chi connectivity index (χ3n) is 1.57. The Bertz CT molecular complexity index is 220. The Morgan fingerprint density at radius 2 is 1.82 bits per heavy atom. The van der Waals surface area contributed by atoms with E-state index in [4.69, 9.17) is 19.9 Å². The van der Waals surface area contributed by atoms with Gasteiger partial charge in [0.15, 0.2) is 0 Å². The molecule has 0 fully saturated rings. The van der Waals surface area contributed by atoms with Crippen molar-refractivity contribution in [2.45, 2.75) is 6.92 Å². The van der Waals surface area contributed by atoms with Crippen molar-refractivity contribution in [3.63, 3.8) is 0 Å². The maximum atomic E-state index is 6.13. The van der Waals surface area contributed by atoms with E-state index in [2.05, 4.69) is 31.2 Å². The van der Waals surface area contributed by atoms with Crippen LogP contribution in [0.2, 0.25) is 0 Å². The fourth-order valence-electron chi connectivity index (χ4n) is 0.864. The molecule has 0 amide bonds. The number of aryl methyl sites for hydroxylation is 1. The zero-order chi connectivity index (χ0) is 8.27. The summed E-state index contributed by atoms with van der Waals surface area (Å²) in [5.74, 6) is 0. The average molecular weight is 380 g/mol. The summed E-state index contributed by atoms with van der Waals surface area (Å²) >= 11 is 3.61. The number of benzene rings is 1. The molecule has 0 saturated heterocycles. The zero-order valence-electron chi connectivity index (χ0n) is 6.35. The second-order valence-corrected chi connectivity index (χ2v) is 17.3. The van der Waals surface area contributed by atoms with E-state index in [1.165, 1.54) is 8.69 Å². The molecule has 0 saturated carbocycles. The van der Waals surface area contributed by atoms with Gasteiger partial charge in [0.1, 0.15) is 0 Å². The topological polar surface area (TPSA) is 0 Å². The van der Waals surface area contributed by atoms with Gasteiger partial charge in [-0.3, -0.25) is 0 Å². The Hall–Kier alpha value is 0.722. The summed E-state index contributed by atoms with van der Waals surface area (Å²) in [4.78, 5) is 0. The van der Waals surface area contributed by atoms with Gasteiger partial charge in [0.05, 0.1) is 0 Å². The molecule has 3 heteroatoms. The second-order valence-electron chi connectivity index (χ2n) is 2.53. The van der Waals surface area contributed by atoms with Gasteiger partial charge < -0.3 is 0 Å². The van der Waals surface area contributed by atoms with Gasteiger partial charge in [-0.25, -0.2) is 0 Å². The SMILES string of the molecule is Cc1cc[c]([Tl]([Cl])[CH2]Cl)cc1. The zero-order valence-corrected chi connectivity index (χ0v) is 12.4. The summed E-state index contributed by atoms with van der Waals surface area (Å²) in [6.45, 7) is 2.07. The molecule has 0 aliphatic heterocycles. The predicted octanol–water partition coefficient (Wildman–Crippen LogP) is 2.21. The van der Waals surface area contributed by atoms with E-state index in [-0.39, 0.29) is 0 Å². The van der Waals surface area contributed by atoms with E-state index in [9.17, 15) is 0 Å². The van der Waals surface area contributed by atoms with E-state index in [1.54, 1.807) is 0 Å². The normalized spacial score (nSPS) is 9.73. The van der Waals surface area contributed by atoms with Crippen molar-refractivity contribution in [3.05, 3.63) is 29.8 Å². The summed E-state index contributed by atoms with van der Waals surface area (Å²) < 4.78 is 2.00. The maximum absolute atomic E-state index is 6.13. The molecule has 0 aromatic heterocycles. The summed E-state index contributed by atoms with van der Waals surface area (Å²) in [6, 6.07) is 8.41. The molecule has 0 N–H and O–H groups in total. The summed E-state index contributed by atoms with van der Waals surface area (Å²) in [6.07, 6.45) is 0. The van der Waals surface area contributed by atoms with Crippen LogP contribution in [0.15, 0.2) is 24.3 Å². The van der Waals surface area contributed by atoms with Crippen molar-refractivity contribution >= 4 is 44.5 Å². The van der Waals surface area contributed by atoms with Crippen molar-refractivity contribution in [2.24, 2.45) is 0 Å². The number of halogens is 2. The second kappa shape index (κ2) is 4.68. The van der Waals surface area contributed by atoms with Crippen LogP contribution in [0.25, 0.3) is 0 Å². The van der Waals surface area contributed by atoms with E-state index >= 15 is 0 Å². The van der Waals surface area contributed by atoms with E-state index in [0.717, 1.165) is 0 Å². The van der Waals surface area contributed by atoms with E-state index in [0.29, 0.717) is 3.44 Å². The fourth-order valence-corrected chi connectivity index (χ4v) is 6.77. The van der Waals surface area contributed by atoms with Gasteiger partial charge in [-0.1, -0.05) is 0 Å². The minimum atomic E-state index is -2.08. The monoisotopic (exact) mass is 380 g/mol. The van der Waals surface area contributed by atoms with Crippen molar-refractivity contribution in [3.8, 4) is 0 Å². The average Bonchev–Trinajstić information content (AvgIpc) is 2.05. The van der Waals surface area contributed by atoms with Crippen LogP contribution in [-0.4, -0.2) is 24.9 Å². The molecule has 11 heavy (non-hydrogen) atoms. The molecule has 1 aromatic rings. The molecular formula is C8H9Cl2Tl. The Morgan fingerprint density at radius 3 is 2.27 bits per heavy atom. The van der Waals surface area contributed by atoms with Crippen LogP contribution in [-0.2, 0) is 0 Å². The molecule has 1 aromatic carbocycles. The number of alkyl halides is 1. The first-order valence-electron chi connectivity index (χ1n) is 3.50. The van der Waals surface area contributed by atoms with Gasteiger partial charge in [0.2, 0.25) is 0 Å². The first-order valence-corrected chi connectivity index (χ1v) is 15.0. The molecule has 0 radical (unpaired) electrons. The van der Waals surface area contributed by atoms with Crippen molar-refractivity contribution in [1.82, 2.24) is 0 Å². The van der Waals surface area contributed by atoms with Crippen molar-refractivity contribution < 1.29 is 0 Å². The van der Waals surface area contributed by atoms with Gasteiger partial charge in [-0.2, -0.15) is 0 Å². The van der Waals surface area contributed by atoms with Crippen LogP contribution in [0.1, 0.15) is 5.56 Å². The van der Waals surface area contributed by atoms with Gasteiger partial charge in [-0.15, -0.1) is 0 Å². The van der Waals surface area contributed by atoms with Gasteiger partial charge in [0.25, 0.3) is 0 Å². The van der Waals surface area contributed by atoms with E-state index in [1.807, 2.05) is 0 Å². The third-order valence-corrected chi connectivity index (χ3v) is 14.6.